The summed E-state index contributed by atoms with van der Waals surface area (Å²) in [4.78, 5) is 4.75. The Balaban J connectivity index is 0.00000132. The van der Waals surface area contributed by atoms with Crippen LogP contribution in [0.3, 0.4) is 0 Å². The van der Waals surface area contributed by atoms with Gasteiger partial charge in [-0.1, -0.05) is 52.3 Å². The van der Waals surface area contributed by atoms with E-state index in [-0.39, 0.29) is 12.4 Å². The van der Waals surface area contributed by atoms with Crippen molar-refractivity contribution in [3.05, 3.63) is 70.7 Å². The van der Waals surface area contributed by atoms with Crippen LogP contribution in [0.15, 0.2) is 70.1 Å². The molecule has 3 aromatic rings. The van der Waals surface area contributed by atoms with Crippen molar-refractivity contribution in [3.8, 4) is 0 Å². The highest BCUT2D eigenvalue weighted by atomic mass is 79.9. The van der Waals surface area contributed by atoms with Gasteiger partial charge < -0.3 is 5.32 Å². The Kier molecular flexibility index (Phi) is 3.70. The molecular formula is C17H12BrClN2. The first-order valence-corrected chi connectivity index (χ1v) is 7.24. The summed E-state index contributed by atoms with van der Waals surface area (Å²) < 4.78 is 1.07. The molecule has 1 aliphatic rings. The van der Waals surface area contributed by atoms with E-state index in [1.165, 1.54) is 10.8 Å². The molecule has 104 valence electrons. The van der Waals surface area contributed by atoms with E-state index in [0.29, 0.717) is 0 Å². The zero-order chi connectivity index (χ0) is 13.5. The summed E-state index contributed by atoms with van der Waals surface area (Å²) in [5.41, 5.74) is 3.22. The van der Waals surface area contributed by atoms with Gasteiger partial charge in [-0.05, 0) is 29.7 Å². The van der Waals surface area contributed by atoms with Gasteiger partial charge in [-0.15, -0.1) is 12.4 Å². The monoisotopic (exact) mass is 358 g/mol. The number of hydrogen-bond acceptors (Lipinski definition) is 2. The van der Waals surface area contributed by atoms with Crippen molar-refractivity contribution >= 4 is 56.3 Å². The van der Waals surface area contributed by atoms with E-state index in [1.807, 2.05) is 12.1 Å². The number of rotatable bonds is 1. The lowest BCUT2D eigenvalue weighted by atomic mass is 10.0. The van der Waals surface area contributed by atoms with Gasteiger partial charge in [0.15, 0.2) is 0 Å². The second-order valence-corrected chi connectivity index (χ2v) is 5.69. The predicted molar refractivity (Wildman–Crippen MR) is 95.2 cm³/mol. The molecule has 0 fully saturated rings. The molecule has 0 spiro atoms. The quantitative estimate of drug-likeness (QED) is 0.607. The minimum Gasteiger partial charge on any atom is -0.339 e. The Labute approximate surface area is 137 Å². The predicted octanol–water partition coefficient (Wildman–Crippen LogP) is 5.53. The molecule has 0 aromatic heterocycles. The van der Waals surface area contributed by atoms with Gasteiger partial charge in [0.05, 0.1) is 5.69 Å². The van der Waals surface area contributed by atoms with E-state index in [9.17, 15) is 0 Å². The molecule has 0 aliphatic carbocycles. The Morgan fingerprint density at radius 2 is 1.57 bits per heavy atom. The highest BCUT2D eigenvalue weighted by Crippen LogP contribution is 2.36. The number of nitrogens with zero attached hydrogens (tertiary/aromatic N) is 1. The number of anilines is 1. The van der Waals surface area contributed by atoms with Gasteiger partial charge in [-0.25, -0.2) is 4.99 Å². The van der Waals surface area contributed by atoms with Crippen molar-refractivity contribution in [3.63, 3.8) is 0 Å². The third-order valence-corrected chi connectivity index (χ3v) is 4.01. The molecule has 4 heteroatoms. The second-order valence-electron chi connectivity index (χ2n) is 4.77. The third-order valence-electron chi connectivity index (χ3n) is 3.49. The van der Waals surface area contributed by atoms with E-state index >= 15 is 0 Å². The van der Waals surface area contributed by atoms with E-state index in [4.69, 9.17) is 4.99 Å². The van der Waals surface area contributed by atoms with Crippen molar-refractivity contribution in [1.82, 2.24) is 0 Å². The van der Waals surface area contributed by atoms with Crippen LogP contribution in [0.4, 0.5) is 11.4 Å². The van der Waals surface area contributed by atoms with Gasteiger partial charge in [-0.2, -0.15) is 0 Å². The first-order valence-electron chi connectivity index (χ1n) is 6.45. The fraction of sp³-hybridized carbons (Fsp3) is 0. The third kappa shape index (κ3) is 2.43. The molecule has 0 amide bonds. The maximum absolute atomic E-state index is 4.75. The van der Waals surface area contributed by atoms with Crippen LogP contribution < -0.4 is 5.32 Å². The number of benzene rings is 3. The minimum absolute atomic E-state index is 0. The lowest BCUT2D eigenvalue weighted by molar-refractivity contribution is 1.46. The molecule has 4 rings (SSSR count). The SMILES string of the molecule is Brc1ccc(C2=Nc3cccc4cccc(c34)N2)cc1.Cl. The fourth-order valence-electron chi connectivity index (χ4n) is 2.54. The van der Waals surface area contributed by atoms with Crippen LogP contribution in [0.25, 0.3) is 10.8 Å². The summed E-state index contributed by atoms with van der Waals surface area (Å²) in [6, 6.07) is 20.7. The maximum Gasteiger partial charge on any atom is 0.138 e. The molecule has 1 heterocycles. The topological polar surface area (TPSA) is 24.4 Å². The summed E-state index contributed by atoms with van der Waals surface area (Å²) in [7, 11) is 0. The number of amidine groups is 1. The molecule has 0 atom stereocenters. The Morgan fingerprint density at radius 1 is 0.857 bits per heavy atom. The van der Waals surface area contributed by atoms with Crippen molar-refractivity contribution < 1.29 is 0 Å². The van der Waals surface area contributed by atoms with E-state index in [2.05, 4.69) is 69.8 Å². The first kappa shape index (κ1) is 14.1. The molecule has 21 heavy (non-hydrogen) atoms. The van der Waals surface area contributed by atoms with Crippen LogP contribution in [0.2, 0.25) is 0 Å². The average molecular weight is 360 g/mol. The van der Waals surface area contributed by atoms with Gasteiger partial charge in [-0.3, -0.25) is 0 Å². The van der Waals surface area contributed by atoms with Gasteiger partial charge in [0.25, 0.3) is 0 Å². The van der Waals surface area contributed by atoms with Crippen molar-refractivity contribution in [2.45, 2.75) is 0 Å². The van der Waals surface area contributed by atoms with E-state index < -0.39 is 0 Å². The van der Waals surface area contributed by atoms with Crippen molar-refractivity contribution in [2.75, 3.05) is 5.32 Å². The molecule has 0 radical (unpaired) electrons. The smallest absolute Gasteiger partial charge is 0.138 e. The Hall–Kier alpha value is -1.84. The van der Waals surface area contributed by atoms with E-state index in [0.717, 1.165) is 27.2 Å². The van der Waals surface area contributed by atoms with Gasteiger partial charge in [0, 0.05) is 21.1 Å². The number of aliphatic imine (C=N–C) groups is 1. The molecule has 0 saturated carbocycles. The average Bonchev–Trinajstić information content (AvgIpc) is 2.48. The number of hydrogen-bond donors (Lipinski definition) is 1. The first-order chi connectivity index (χ1) is 9.81. The second kappa shape index (κ2) is 5.51. The number of nitrogens with one attached hydrogen (secondary N) is 1. The minimum atomic E-state index is 0. The Morgan fingerprint density at radius 3 is 2.33 bits per heavy atom. The summed E-state index contributed by atoms with van der Waals surface area (Å²) in [5, 5.41) is 5.84. The fourth-order valence-corrected chi connectivity index (χ4v) is 2.80. The van der Waals surface area contributed by atoms with Crippen LogP contribution in [0, 0.1) is 0 Å². The molecule has 0 bridgehead atoms. The summed E-state index contributed by atoms with van der Waals surface area (Å²) in [5.74, 6) is 0.892. The summed E-state index contributed by atoms with van der Waals surface area (Å²) >= 11 is 3.46. The van der Waals surface area contributed by atoms with Crippen molar-refractivity contribution in [2.24, 2.45) is 4.99 Å². The standard InChI is InChI=1S/C17H11BrN2.ClH/c18-13-9-7-12(8-10-13)17-19-14-5-1-3-11-4-2-6-15(20-17)16(11)14;/h1-10H,(H,19,20);1H. The molecule has 1 aliphatic heterocycles. The largest absolute Gasteiger partial charge is 0.339 e. The maximum atomic E-state index is 4.75. The van der Waals surface area contributed by atoms with Crippen LogP contribution in [-0.4, -0.2) is 5.84 Å². The molecule has 2 nitrogen and oxygen atoms in total. The van der Waals surface area contributed by atoms with Crippen LogP contribution in [0.5, 0.6) is 0 Å². The molecule has 3 aromatic carbocycles. The molecule has 0 unspecified atom stereocenters. The van der Waals surface area contributed by atoms with Crippen molar-refractivity contribution in [1.29, 1.82) is 0 Å². The molecule has 1 N–H and O–H groups in total. The zero-order valence-corrected chi connectivity index (χ0v) is 13.4. The van der Waals surface area contributed by atoms with Gasteiger partial charge in [0.1, 0.15) is 5.84 Å². The highest BCUT2D eigenvalue weighted by molar-refractivity contribution is 9.10. The van der Waals surface area contributed by atoms with Gasteiger partial charge in [0.2, 0.25) is 0 Å². The molecular weight excluding hydrogens is 348 g/mol. The van der Waals surface area contributed by atoms with Crippen LogP contribution >= 0.6 is 28.3 Å². The molecule has 0 saturated heterocycles. The normalized spacial score (nSPS) is 12.3. The van der Waals surface area contributed by atoms with Crippen LogP contribution in [-0.2, 0) is 0 Å². The Bertz CT molecular complexity index is 836. The van der Waals surface area contributed by atoms with Gasteiger partial charge >= 0.3 is 0 Å². The lowest BCUT2D eigenvalue weighted by Crippen LogP contribution is -2.16. The van der Waals surface area contributed by atoms with Crippen LogP contribution in [0.1, 0.15) is 5.56 Å². The summed E-state index contributed by atoms with van der Waals surface area (Å²) in [6.45, 7) is 0. The van der Waals surface area contributed by atoms with E-state index in [1.54, 1.807) is 0 Å². The lowest BCUT2D eigenvalue weighted by Gasteiger charge is -2.19. The number of halogens is 2. The summed E-state index contributed by atoms with van der Waals surface area (Å²) in [6.07, 6.45) is 0. The zero-order valence-electron chi connectivity index (χ0n) is 11.0. The highest BCUT2D eigenvalue weighted by Gasteiger charge is 2.14.